The Hall–Kier alpha value is -0.910. The second-order valence-corrected chi connectivity index (χ2v) is 7.54. The third-order valence-corrected chi connectivity index (χ3v) is 6.07. The van der Waals surface area contributed by atoms with Crippen LogP contribution in [-0.2, 0) is 15.8 Å². The molecule has 2 fully saturated rings. The van der Waals surface area contributed by atoms with E-state index in [1.165, 1.54) is 0 Å². The van der Waals surface area contributed by atoms with Crippen LogP contribution in [0.1, 0.15) is 12.0 Å². The molecule has 2 aliphatic rings. The predicted octanol–water partition coefficient (Wildman–Crippen LogP) is 1.06. The molecule has 0 aliphatic carbocycles. The monoisotopic (exact) mass is 280 g/mol. The molecule has 0 saturated carbocycles. The van der Waals surface area contributed by atoms with Crippen LogP contribution in [0.25, 0.3) is 0 Å². The Balaban J connectivity index is 1.70. The molecule has 2 saturated heterocycles. The topological polar surface area (TPSA) is 49.4 Å². The van der Waals surface area contributed by atoms with Crippen molar-refractivity contribution in [1.29, 1.82) is 0 Å². The van der Waals surface area contributed by atoms with Gasteiger partial charge in [0.25, 0.3) is 0 Å². The first-order valence-corrected chi connectivity index (χ1v) is 8.48. The fraction of sp³-hybridized carbons (Fsp3) is 0.571. The zero-order chi connectivity index (χ0) is 13.3. The highest BCUT2D eigenvalue weighted by molar-refractivity contribution is 7.88. The van der Waals surface area contributed by atoms with Crippen LogP contribution in [-0.4, -0.2) is 38.9 Å². The Bertz CT molecular complexity index is 530. The van der Waals surface area contributed by atoms with E-state index >= 15 is 0 Å². The lowest BCUT2D eigenvalue weighted by molar-refractivity contribution is 0.227. The molecule has 0 bridgehead atoms. The number of sulfonamides is 1. The molecule has 4 nitrogen and oxygen atoms in total. The van der Waals surface area contributed by atoms with Crippen LogP contribution in [0.2, 0.25) is 0 Å². The SMILES string of the molecule is O=S(=O)(Cc1ccccc1)N1CCC2CNCC2C1. The average Bonchev–Trinajstić information content (AvgIpc) is 2.86. The lowest BCUT2D eigenvalue weighted by Crippen LogP contribution is -2.43. The fourth-order valence-electron chi connectivity index (χ4n) is 3.13. The van der Waals surface area contributed by atoms with Crippen molar-refractivity contribution in [2.45, 2.75) is 12.2 Å². The van der Waals surface area contributed by atoms with Crippen molar-refractivity contribution >= 4 is 10.0 Å². The van der Waals surface area contributed by atoms with Gasteiger partial charge in [-0.25, -0.2) is 12.7 Å². The van der Waals surface area contributed by atoms with E-state index in [1.807, 2.05) is 30.3 Å². The standard InChI is InChI=1S/C14H20N2O2S/c17-19(18,11-12-4-2-1-3-5-12)16-7-6-13-8-15-9-14(13)10-16/h1-5,13-15H,6-11H2. The Morgan fingerprint density at radius 1 is 1.16 bits per heavy atom. The van der Waals surface area contributed by atoms with Crippen molar-refractivity contribution in [3.8, 4) is 0 Å². The molecule has 2 atom stereocenters. The summed E-state index contributed by atoms with van der Waals surface area (Å²) in [6, 6.07) is 9.44. The van der Waals surface area contributed by atoms with E-state index < -0.39 is 10.0 Å². The van der Waals surface area contributed by atoms with Crippen molar-refractivity contribution in [2.75, 3.05) is 26.2 Å². The Labute approximate surface area is 114 Å². The zero-order valence-corrected chi connectivity index (χ0v) is 11.8. The quantitative estimate of drug-likeness (QED) is 0.900. The van der Waals surface area contributed by atoms with E-state index in [0.29, 0.717) is 24.9 Å². The van der Waals surface area contributed by atoms with Crippen molar-refractivity contribution in [3.05, 3.63) is 35.9 Å². The van der Waals surface area contributed by atoms with E-state index in [0.717, 1.165) is 25.1 Å². The Kier molecular flexibility index (Phi) is 3.60. The molecule has 1 aromatic rings. The lowest BCUT2D eigenvalue weighted by Gasteiger charge is -2.33. The molecule has 0 amide bonds. The highest BCUT2D eigenvalue weighted by atomic mass is 32.2. The number of rotatable bonds is 3. The molecule has 0 radical (unpaired) electrons. The summed E-state index contributed by atoms with van der Waals surface area (Å²) in [6.45, 7) is 3.38. The lowest BCUT2D eigenvalue weighted by atomic mass is 9.90. The van der Waals surface area contributed by atoms with Crippen LogP contribution in [0.15, 0.2) is 30.3 Å². The molecule has 0 aromatic heterocycles. The van der Waals surface area contributed by atoms with Crippen LogP contribution in [0.4, 0.5) is 0 Å². The first kappa shape index (κ1) is 13.1. The van der Waals surface area contributed by atoms with Crippen LogP contribution in [0.5, 0.6) is 0 Å². The molecule has 2 unspecified atom stereocenters. The van der Waals surface area contributed by atoms with E-state index in [-0.39, 0.29) is 5.75 Å². The molecule has 2 aliphatic heterocycles. The summed E-state index contributed by atoms with van der Waals surface area (Å²) in [5, 5.41) is 3.36. The summed E-state index contributed by atoms with van der Waals surface area (Å²) in [5.41, 5.74) is 0.870. The minimum absolute atomic E-state index is 0.124. The van der Waals surface area contributed by atoms with Gasteiger partial charge < -0.3 is 5.32 Å². The second-order valence-electron chi connectivity index (χ2n) is 5.57. The van der Waals surface area contributed by atoms with E-state index in [9.17, 15) is 8.42 Å². The van der Waals surface area contributed by atoms with Gasteiger partial charge in [-0.15, -0.1) is 0 Å². The molecule has 1 N–H and O–H groups in total. The Morgan fingerprint density at radius 3 is 2.68 bits per heavy atom. The van der Waals surface area contributed by atoms with Crippen LogP contribution in [0.3, 0.4) is 0 Å². The summed E-state index contributed by atoms with van der Waals surface area (Å²) in [4.78, 5) is 0. The van der Waals surface area contributed by atoms with Crippen LogP contribution >= 0.6 is 0 Å². The van der Waals surface area contributed by atoms with E-state index in [4.69, 9.17) is 0 Å². The summed E-state index contributed by atoms with van der Waals surface area (Å²) < 4.78 is 26.6. The maximum absolute atomic E-state index is 12.4. The van der Waals surface area contributed by atoms with Crippen molar-refractivity contribution in [3.63, 3.8) is 0 Å². The highest BCUT2D eigenvalue weighted by Crippen LogP contribution is 2.28. The first-order chi connectivity index (χ1) is 9.15. The minimum atomic E-state index is -3.17. The van der Waals surface area contributed by atoms with Crippen molar-refractivity contribution in [2.24, 2.45) is 11.8 Å². The van der Waals surface area contributed by atoms with Gasteiger partial charge in [0.1, 0.15) is 0 Å². The number of hydrogen-bond acceptors (Lipinski definition) is 3. The summed E-state index contributed by atoms with van der Waals surface area (Å²) in [7, 11) is -3.17. The third kappa shape index (κ3) is 2.83. The molecular weight excluding hydrogens is 260 g/mol. The van der Waals surface area contributed by atoms with Gasteiger partial charge in [-0.2, -0.15) is 0 Å². The second kappa shape index (κ2) is 5.23. The van der Waals surface area contributed by atoms with E-state index in [1.54, 1.807) is 4.31 Å². The maximum atomic E-state index is 12.4. The molecule has 0 spiro atoms. The fourth-order valence-corrected chi connectivity index (χ4v) is 4.73. The smallest absolute Gasteiger partial charge is 0.218 e. The zero-order valence-electron chi connectivity index (χ0n) is 11.0. The van der Waals surface area contributed by atoms with Gasteiger partial charge in [0.15, 0.2) is 0 Å². The molecule has 1 aromatic carbocycles. The van der Waals surface area contributed by atoms with Gasteiger partial charge in [0.05, 0.1) is 5.75 Å². The van der Waals surface area contributed by atoms with Gasteiger partial charge in [-0.3, -0.25) is 0 Å². The average molecular weight is 280 g/mol. The van der Waals surface area contributed by atoms with Gasteiger partial charge in [-0.05, 0) is 36.9 Å². The molecule has 3 rings (SSSR count). The van der Waals surface area contributed by atoms with Crippen LogP contribution < -0.4 is 5.32 Å². The Morgan fingerprint density at radius 2 is 1.89 bits per heavy atom. The number of nitrogens with one attached hydrogen (secondary N) is 1. The molecular formula is C14H20N2O2S. The van der Waals surface area contributed by atoms with Crippen LogP contribution in [0, 0.1) is 11.8 Å². The van der Waals surface area contributed by atoms with Gasteiger partial charge >= 0.3 is 0 Å². The first-order valence-electron chi connectivity index (χ1n) is 6.87. The highest BCUT2D eigenvalue weighted by Gasteiger charge is 2.36. The summed E-state index contributed by atoms with van der Waals surface area (Å²) in [6.07, 6.45) is 0.992. The van der Waals surface area contributed by atoms with Gasteiger partial charge in [-0.1, -0.05) is 30.3 Å². The molecule has 104 valence electrons. The maximum Gasteiger partial charge on any atom is 0.218 e. The third-order valence-electron chi connectivity index (χ3n) is 4.25. The van der Waals surface area contributed by atoms with Gasteiger partial charge in [0.2, 0.25) is 10.0 Å². The normalized spacial score (nSPS) is 28.2. The summed E-state index contributed by atoms with van der Waals surface area (Å²) >= 11 is 0. The number of piperidine rings is 1. The largest absolute Gasteiger partial charge is 0.316 e. The molecule has 2 heterocycles. The molecule has 5 heteroatoms. The van der Waals surface area contributed by atoms with Crippen molar-refractivity contribution < 1.29 is 8.42 Å². The van der Waals surface area contributed by atoms with Crippen molar-refractivity contribution in [1.82, 2.24) is 9.62 Å². The molecule has 19 heavy (non-hydrogen) atoms. The van der Waals surface area contributed by atoms with E-state index in [2.05, 4.69) is 5.32 Å². The number of fused-ring (bicyclic) bond motifs is 1. The number of benzene rings is 1. The van der Waals surface area contributed by atoms with Gasteiger partial charge in [0, 0.05) is 13.1 Å². The minimum Gasteiger partial charge on any atom is -0.316 e. The number of nitrogens with zero attached hydrogens (tertiary/aromatic N) is 1. The predicted molar refractivity (Wildman–Crippen MR) is 75.1 cm³/mol. The number of hydrogen-bond donors (Lipinski definition) is 1. The summed E-state index contributed by atoms with van der Waals surface area (Å²) in [5.74, 6) is 1.29.